The Hall–Kier alpha value is 0.260. The van der Waals surface area contributed by atoms with Crippen molar-refractivity contribution in [3.05, 3.63) is 0 Å². The van der Waals surface area contributed by atoms with E-state index in [1.54, 1.807) is 11.8 Å². The van der Waals surface area contributed by atoms with E-state index in [1.165, 1.54) is 0 Å². The van der Waals surface area contributed by atoms with Crippen LogP contribution in [0.5, 0.6) is 0 Å². The molecule has 5 heteroatoms. The van der Waals surface area contributed by atoms with Crippen LogP contribution in [0.4, 0.5) is 0 Å². The average molecular weight is 225 g/mol. The standard InChI is InChI=1S/C8H18O3S2/c1-8(2,3)7-12-5-4-6-13(9,10)11/h4-7H2,1-3H3,(H,9,10,11)/p-1. The lowest BCUT2D eigenvalue weighted by Crippen LogP contribution is -2.10. The lowest BCUT2D eigenvalue weighted by atomic mass is 10.0. The maximum absolute atomic E-state index is 10.2. The third-order valence-electron chi connectivity index (χ3n) is 1.22. The molecule has 0 saturated carbocycles. The maximum Gasteiger partial charge on any atom is 0.0946 e. The third-order valence-corrected chi connectivity index (χ3v) is 3.65. The molecule has 0 aliphatic heterocycles. The first-order valence-electron chi connectivity index (χ1n) is 4.22. The Morgan fingerprint density at radius 3 is 2.23 bits per heavy atom. The van der Waals surface area contributed by atoms with E-state index in [0.29, 0.717) is 6.42 Å². The van der Waals surface area contributed by atoms with Gasteiger partial charge in [0.2, 0.25) is 0 Å². The minimum Gasteiger partial charge on any atom is -0.748 e. The molecule has 0 heterocycles. The second-order valence-electron chi connectivity index (χ2n) is 4.23. The average Bonchev–Trinajstić information content (AvgIpc) is 1.81. The largest absolute Gasteiger partial charge is 0.748 e. The second kappa shape index (κ2) is 5.22. The van der Waals surface area contributed by atoms with Crippen LogP contribution >= 0.6 is 11.8 Å². The smallest absolute Gasteiger partial charge is 0.0946 e. The van der Waals surface area contributed by atoms with Gasteiger partial charge in [-0.2, -0.15) is 11.8 Å². The third kappa shape index (κ3) is 12.3. The van der Waals surface area contributed by atoms with Crippen molar-refractivity contribution in [2.24, 2.45) is 5.41 Å². The van der Waals surface area contributed by atoms with Crippen LogP contribution in [0.15, 0.2) is 0 Å². The molecule has 0 aromatic heterocycles. The molecule has 0 radical (unpaired) electrons. The highest BCUT2D eigenvalue weighted by Crippen LogP contribution is 2.20. The van der Waals surface area contributed by atoms with Crippen molar-refractivity contribution in [2.45, 2.75) is 27.2 Å². The van der Waals surface area contributed by atoms with Crippen molar-refractivity contribution in [1.82, 2.24) is 0 Å². The van der Waals surface area contributed by atoms with E-state index in [4.69, 9.17) is 0 Å². The fourth-order valence-corrected chi connectivity index (χ4v) is 2.50. The first kappa shape index (κ1) is 13.3. The summed E-state index contributed by atoms with van der Waals surface area (Å²) >= 11 is 1.70. The molecule has 0 N–H and O–H groups in total. The minimum atomic E-state index is -4.00. The monoisotopic (exact) mass is 225 g/mol. The van der Waals surface area contributed by atoms with Crippen LogP contribution in [-0.4, -0.2) is 30.2 Å². The van der Waals surface area contributed by atoms with E-state index in [-0.39, 0.29) is 11.2 Å². The molecule has 0 unspecified atom stereocenters. The Morgan fingerprint density at radius 2 is 1.85 bits per heavy atom. The van der Waals surface area contributed by atoms with Gasteiger partial charge in [0.25, 0.3) is 0 Å². The molecule has 0 aromatic rings. The van der Waals surface area contributed by atoms with E-state index >= 15 is 0 Å². The fourth-order valence-electron chi connectivity index (χ4n) is 0.716. The maximum atomic E-state index is 10.2. The van der Waals surface area contributed by atoms with E-state index in [9.17, 15) is 13.0 Å². The van der Waals surface area contributed by atoms with Crippen molar-refractivity contribution in [3.8, 4) is 0 Å². The highest BCUT2D eigenvalue weighted by molar-refractivity contribution is 7.99. The summed E-state index contributed by atoms with van der Waals surface area (Å²) in [6.07, 6.45) is 0.465. The normalized spacial score (nSPS) is 13.2. The summed E-state index contributed by atoms with van der Waals surface area (Å²) in [5.74, 6) is 1.51. The van der Waals surface area contributed by atoms with Crippen LogP contribution in [0.25, 0.3) is 0 Å². The highest BCUT2D eigenvalue weighted by atomic mass is 32.2. The van der Waals surface area contributed by atoms with Crippen LogP contribution in [0.2, 0.25) is 0 Å². The van der Waals surface area contributed by atoms with Gasteiger partial charge in [-0.3, -0.25) is 0 Å². The fraction of sp³-hybridized carbons (Fsp3) is 1.00. The molecule has 0 fully saturated rings. The topological polar surface area (TPSA) is 57.2 Å². The van der Waals surface area contributed by atoms with Gasteiger partial charge in [-0.25, -0.2) is 8.42 Å². The Labute approximate surface area is 85.0 Å². The van der Waals surface area contributed by atoms with Crippen LogP contribution in [0.1, 0.15) is 27.2 Å². The molecule has 0 bridgehead atoms. The minimum absolute atomic E-state index is 0.232. The Bertz CT molecular complexity index is 226. The van der Waals surface area contributed by atoms with Gasteiger partial charge in [-0.1, -0.05) is 20.8 Å². The molecule has 0 atom stereocenters. The van der Waals surface area contributed by atoms with Crippen LogP contribution in [0, 0.1) is 5.41 Å². The molecule has 0 aliphatic rings. The molecule has 0 aliphatic carbocycles. The zero-order valence-electron chi connectivity index (χ0n) is 8.37. The van der Waals surface area contributed by atoms with Gasteiger partial charge in [0.05, 0.1) is 10.1 Å². The molecular weight excluding hydrogens is 208 g/mol. The number of rotatable bonds is 5. The zero-order valence-corrected chi connectivity index (χ0v) is 10.0. The van der Waals surface area contributed by atoms with E-state index in [0.717, 1.165) is 11.5 Å². The lowest BCUT2D eigenvalue weighted by Gasteiger charge is -2.17. The van der Waals surface area contributed by atoms with Crippen molar-refractivity contribution in [3.63, 3.8) is 0 Å². The van der Waals surface area contributed by atoms with Crippen molar-refractivity contribution in [2.75, 3.05) is 17.3 Å². The summed E-state index contributed by atoms with van der Waals surface area (Å²) in [6.45, 7) is 6.39. The molecule has 3 nitrogen and oxygen atoms in total. The van der Waals surface area contributed by atoms with E-state index < -0.39 is 10.1 Å². The van der Waals surface area contributed by atoms with Gasteiger partial charge in [0.15, 0.2) is 0 Å². The predicted octanol–water partition coefficient (Wildman–Crippen LogP) is 1.70. The van der Waals surface area contributed by atoms with Gasteiger partial charge in [-0.15, -0.1) is 0 Å². The van der Waals surface area contributed by atoms with E-state index in [2.05, 4.69) is 20.8 Å². The summed E-state index contributed by atoms with van der Waals surface area (Å²) in [5, 5.41) is 0. The molecule has 0 saturated heterocycles. The van der Waals surface area contributed by atoms with Crippen molar-refractivity contribution < 1.29 is 13.0 Å². The Morgan fingerprint density at radius 1 is 1.31 bits per heavy atom. The van der Waals surface area contributed by atoms with Gasteiger partial charge in [0.1, 0.15) is 0 Å². The Kier molecular flexibility index (Phi) is 5.32. The number of thioether (sulfide) groups is 1. The molecule has 0 aromatic carbocycles. The molecule has 0 spiro atoms. The zero-order chi connectivity index (χ0) is 10.5. The molecule has 0 rings (SSSR count). The quantitative estimate of drug-likeness (QED) is 0.528. The van der Waals surface area contributed by atoms with Gasteiger partial charge >= 0.3 is 0 Å². The van der Waals surface area contributed by atoms with Gasteiger partial charge in [-0.05, 0) is 23.3 Å². The first-order valence-corrected chi connectivity index (χ1v) is 6.95. The number of hydrogen-bond acceptors (Lipinski definition) is 4. The van der Waals surface area contributed by atoms with Gasteiger partial charge < -0.3 is 4.55 Å². The molecule has 80 valence electrons. The summed E-state index contributed by atoms with van der Waals surface area (Å²) < 4.78 is 30.7. The first-order chi connectivity index (χ1) is 5.71. The van der Waals surface area contributed by atoms with E-state index in [1.807, 2.05) is 0 Å². The van der Waals surface area contributed by atoms with Crippen molar-refractivity contribution >= 4 is 21.9 Å². The SMILES string of the molecule is CC(C)(C)CSCCCS(=O)(=O)[O-]. The van der Waals surface area contributed by atoms with Crippen LogP contribution < -0.4 is 0 Å². The Balaban J connectivity index is 3.39. The second-order valence-corrected chi connectivity index (χ2v) is 6.86. The molecule has 0 amide bonds. The molecular formula is C8H17O3S2-. The summed E-state index contributed by atoms with van der Waals surface area (Å²) in [7, 11) is -4.00. The van der Waals surface area contributed by atoms with Gasteiger partial charge in [0, 0.05) is 5.75 Å². The van der Waals surface area contributed by atoms with Crippen LogP contribution in [0.3, 0.4) is 0 Å². The summed E-state index contributed by atoms with van der Waals surface area (Å²) in [4.78, 5) is 0. The molecule has 13 heavy (non-hydrogen) atoms. The lowest BCUT2D eigenvalue weighted by molar-refractivity contribution is 0.462. The van der Waals surface area contributed by atoms with Crippen molar-refractivity contribution in [1.29, 1.82) is 0 Å². The van der Waals surface area contributed by atoms with Crippen LogP contribution in [-0.2, 0) is 10.1 Å². The summed E-state index contributed by atoms with van der Waals surface area (Å²) in [6, 6.07) is 0. The summed E-state index contributed by atoms with van der Waals surface area (Å²) in [5.41, 5.74) is 0.265. The number of hydrogen-bond donors (Lipinski definition) is 0. The highest BCUT2D eigenvalue weighted by Gasteiger charge is 2.09. The predicted molar refractivity (Wildman–Crippen MR) is 56.0 cm³/mol.